The average molecular weight is 244 g/mol. The van der Waals surface area contributed by atoms with Crippen LogP contribution < -0.4 is 5.32 Å². The van der Waals surface area contributed by atoms with Gasteiger partial charge in [-0.05, 0) is 36.4 Å². The van der Waals surface area contributed by atoms with Gasteiger partial charge >= 0.3 is 0 Å². The third kappa shape index (κ3) is 2.32. The first-order chi connectivity index (χ1) is 8.88. The second-order valence-corrected chi connectivity index (χ2v) is 5.70. The first kappa shape index (κ1) is 12.2. The van der Waals surface area contributed by atoms with E-state index in [2.05, 4.69) is 41.4 Å². The van der Waals surface area contributed by atoms with Crippen molar-refractivity contribution in [3.8, 4) is 0 Å². The van der Waals surface area contributed by atoms with Gasteiger partial charge in [-0.2, -0.15) is 0 Å². The Labute approximate surface area is 110 Å². The summed E-state index contributed by atoms with van der Waals surface area (Å²) >= 11 is 0. The molecule has 3 rings (SSSR count). The summed E-state index contributed by atoms with van der Waals surface area (Å²) in [5.41, 5.74) is 3.14. The zero-order valence-corrected chi connectivity index (χ0v) is 11.4. The Morgan fingerprint density at radius 1 is 1.11 bits per heavy atom. The lowest BCUT2D eigenvalue weighted by Crippen LogP contribution is -2.42. The minimum atomic E-state index is 0.768. The van der Waals surface area contributed by atoms with E-state index in [1.807, 2.05) is 0 Å². The molecule has 2 unspecified atom stereocenters. The highest BCUT2D eigenvalue weighted by Crippen LogP contribution is 2.23. The van der Waals surface area contributed by atoms with Crippen LogP contribution in [0.1, 0.15) is 24.5 Å². The van der Waals surface area contributed by atoms with Crippen LogP contribution in [0.25, 0.3) is 0 Å². The number of rotatable bonds is 2. The summed E-state index contributed by atoms with van der Waals surface area (Å²) in [6, 6.07) is 9.75. The van der Waals surface area contributed by atoms with Gasteiger partial charge in [0.05, 0.1) is 0 Å². The van der Waals surface area contributed by atoms with E-state index < -0.39 is 0 Å². The quantitative estimate of drug-likeness (QED) is 0.857. The van der Waals surface area contributed by atoms with Crippen LogP contribution in [0.5, 0.6) is 0 Å². The zero-order chi connectivity index (χ0) is 12.4. The van der Waals surface area contributed by atoms with E-state index in [1.165, 1.54) is 45.4 Å². The lowest BCUT2D eigenvalue weighted by Gasteiger charge is -2.30. The van der Waals surface area contributed by atoms with Crippen LogP contribution in [0.15, 0.2) is 24.3 Å². The number of nitrogens with zero attached hydrogens (tertiary/aromatic N) is 1. The molecule has 1 N–H and O–H groups in total. The lowest BCUT2D eigenvalue weighted by molar-refractivity contribution is 0.177. The summed E-state index contributed by atoms with van der Waals surface area (Å²) in [6.45, 7) is 7.20. The maximum absolute atomic E-state index is 3.57. The van der Waals surface area contributed by atoms with Gasteiger partial charge in [0.2, 0.25) is 0 Å². The van der Waals surface area contributed by atoms with E-state index in [0.29, 0.717) is 0 Å². The highest BCUT2D eigenvalue weighted by Gasteiger charge is 2.31. The second kappa shape index (κ2) is 5.41. The van der Waals surface area contributed by atoms with Crippen molar-refractivity contribution in [3.63, 3.8) is 0 Å². The largest absolute Gasteiger partial charge is 0.315 e. The van der Waals surface area contributed by atoms with E-state index in [0.717, 1.165) is 12.0 Å². The maximum atomic E-state index is 3.57. The number of nitrogens with one attached hydrogen (secondary N) is 1. The predicted molar refractivity (Wildman–Crippen MR) is 75.9 cm³/mol. The molecule has 1 aromatic rings. The molecule has 98 valence electrons. The number of hydrogen-bond acceptors (Lipinski definition) is 2. The van der Waals surface area contributed by atoms with E-state index >= 15 is 0 Å². The molecule has 0 aromatic heterocycles. The maximum Gasteiger partial charge on any atom is 0.0261 e. The van der Waals surface area contributed by atoms with Gasteiger partial charge in [0.15, 0.2) is 0 Å². The molecular formula is C16H24N2. The molecule has 2 aliphatic heterocycles. The first-order valence-corrected chi connectivity index (χ1v) is 7.40. The van der Waals surface area contributed by atoms with Gasteiger partial charge in [0.25, 0.3) is 0 Å². The lowest BCUT2D eigenvalue weighted by atomic mass is 9.99. The van der Waals surface area contributed by atoms with Crippen LogP contribution in [0, 0.1) is 5.92 Å². The molecule has 1 fully saturated rings. The minimum Gasteiger partial charge on any atom is -0.315 e. The second-order valence-electron chi connectivity index (χ2n) is 5.70. The Morgan fingerprint density at radius 2 is 1.78 bits per heavy atom. The van der Waals surface area contributed by atoms with Gasteiger partial charge in [-0.15, -0.1) is 0 Å². The van der Waals surface area contributed by atoms with Crippen molar-refractivity contribution >= 4 is 0 Å². The SMILES string of the molecule is CCC1CNCC1N1CCc2ccccc2CC1. The van der Waals surface area contributed by atoms with E-state index in [4.69, 9.17) is 0 Å². The third-order valence-electron chi connectivity index (χ3n) is 4.75. The normalized spacial score (nSPS) is 28.9. The van der Waals surface area contributed by atoms with Gasteiger partial charge in [0.1, 0.15) is 0 Å². The Hall–Kier alpha value is -0.860. The van der Waals surface area contributed by atoms with Crippen LogP contribution in [0.2, 0.25) is 0 Å². The minimum absolute atomic E-state index is 0.768. The molecule has 0 aliphatic carbocycles. The van der Waals surface area contributed by atoms with Crippen molar-refractivity contribution in [3.05, 3.63) is 35.4 Å². The Morgan fingerprint density at radius 3 is 2.39 bits per heavy atom. The molecule has 2 nitrogen and oxygen atoms in total. The fourth-order valence-corrected chi connectivity index (χ4v) is 3.58. The number of fused-ring (bicyclic) bond motifs is 1. The van der Waals surface area contributed by atoms with E-state index in [-0.39, 0.29) is 0 Å². The molecule has 2 heteroatoms. The monoisotopic (exact) mass is 244 g/mol. The topological polar surface area (TPSA) is 15.3 Å². The van der Waals surface area contributed by atoms with Crippen molar-refractivity contribution in [2.75, 3.05) is 26.2 Å². The molecule has 0 saturated carbocycles. The Balaban J connectivity index is 1.71. The van der Waals surface area contributed by atoms with Crippen LogP contribution in [0.3, 0.4) is 0 Å². The molecule has 1 aromatic carbocycles. The standard InChI is InChI=1S/C16H24N2/c1-2-13-11-17-12-16(13)18-9-7-14-5-3-4-6-15(14)8-10-18/h3-6,13,16-17H,2,7-12H2,1H3. The summed E-state index contributed by atoms with van der Waals surface area (Å²) in [5.74, 6) is 0.853. The first-order valence-electron chi connectivity index (χ1n) is 7.40. The highest BCUT2D eigenvalue weighted by molar-refractivity contribution is 5.28. The van der Waals surface area contributed by atoms with Crippen LogP contribution in [0.4, 0.5) is 0 Å². The van der Waals surface area contributed by atoms with Crippen LogP contribution in [-0.2, 0) is 12.8 Å². The molecule has 0 radical (unpaired) electrons. The molecule has 0 spiro atoms. The van der Waals surface area contributed by atoms with Crippen molar-refractivity contribution in [1.29, 1.82) is 0 Å². The van der Waals surface area contributed by atoms with Crippen LogP contribution in [-0.4, -0.2) is 37.1 Å². The Bertz CT molecular complexity index is 375. The van der Waals surface area contributed by atoms with Crippen molar-refractivity contribution in [2.24, 2.45) is 5.92 Å². The van der Waals surface area contributed by atoms with Crippen molar-refractivity contribution in [2.45, 2.75) is 32.2 Å². The highest BCUT2D eigenvalue weighted by atomic mass is 15.2. The Kier molecular flexibility index (Phi) is 3.67. The van der Waals surface area contributed by atoms with Gasteiger partial charge in [-0.1, -0.05) is 37.6 Å². The zero-order valence-electron chi connectivity index (χ0n) is 11.4. The molecule has 18 heavy (non-hydrogen) atoms. The van der Waals surface area contributed by atoms with Crippen molar-refractivity contribution in [1.82, 2.24) is 10.2 Å². The smallest absolute Gasteiger partial charge is 0.0261 e. The van der Waals surface area contributed by atoms with Gasteiger partial charge in [-0.3, -0.25) is 4.90 Å². The number of hydrogen-bond donors (Lipinski definition) is 1. The van der Waals surface area contributed by atoms with E-state index in [1.54, 1.807) is 11.1 Å². The summed E-state index contributed by atoms with van der Waals surface area (Å²) in [5, 5.41) is 3.57. The molecule has 0 amide bonds. The van der Waals surface area contributed by atoms with Gasteiger partial charge in [-0.25, -0.2) is 0 Å². The van der Waals surface area contributed by atoms with Crippen molar-refractivity contribution < 1.29 is 0 Å². The van der Waals surface area contributed by atoms with Gasteiger partial charge in [0, 0.05) is 25.7 Å². The van der Waals surface area contributed by atoms with E-state index in [9.17, 15) is 0 Å². The molecule has 2 atom stereocenters. The van der Waals surface area contributed by atoms with Crippen LogP contribution >= 0.6 is 0 Å². The summed E-state index contributed by atoms with van der Waals surface area (Å²) in [4.78, 5) is 2.73. The average Bonchev–Trinajstić information content (AvgIpc) is 2.78. The molecule has 0 bridgehead atoms. The number of benzene rings is 1. The third-order valence-corrected chi connectivity index (χ3v) is 4.75. The summed E-state index contributed by atoms with van der Waals surface area (Å²) in [7, 11) is 0. The fraction of sp³-hybridized carbons (Fsp3) is 0.625. The molecule has 1 saturated heterocycles. The van der Waals surface area contributed by atoms with Gasteiger partial charge < -0.3 is 5.32 Å². The molecule has 2 aliphatic rings. The predicted octanol–water partition coefficient (Wildman–Crippen LogP) is 2.09. The molecular weight excluding hydrogens is 220 g/mol. The summed E-state index contributed by atoms with van der Waals surface area (Å²) < 4.78 is 0. The summed E-state index contributed by atoms with van der Waals surface area (Å²) in [6.07, 6.45) is 3.76. The fourth-order valence-electron chi connectivity index (χ4n) is 3.58. The molecule has 2 heterocycles.